The van der Waals surface area contributed by atoms with Crippen LogP contribution in [-0.4, -0.2) is 37.7 Å². The number of carbonyl (C=O) groups excluding carboxylic acids is 1. The second-order valence-corrected chi connectivity index (χ2v) is 9.75. The van der Waals surface area contributed by atoms with Crippen LogP contribution in [0.2, 0.25) is 5.02 Å². The zero-order chi connectivity index (χ0) is 23.5. The number of para-hydroxylation sites is 1. The number of amides is 1. The van der Waals surface area contributed by atoms with Gasteiger partial charge in [-0.05, 0) is 44.2 Å². The highest BCUT2D eigenvalue weighted by molar-refractivity contribution is 6.32. The fraction of sp³-hybridized carbons (Fsp3) is 0.520. The summed E-state index contributed by atoms with van der Waals surface area (Å²) in [5.74, 6) is 2.01. The number of fused-ring (bicyclic) bond motifs is 1. The van der Waals surface area contributed by atoms with E-state index >= 15 is 0 Å². The van der Waals surface area contributed by atoms with Crippen LogP contribution in [0.3, 0.4) is 0 Å². The molecule has 33 heavy (non-hydrogen) atoms. The molecule has 1 fully saturated rings. The van der Waals surface area contributed by atoms with Gasteiger partial charge < -0.3 is 10.6 Å². The van der Waals surface area contributed by atoms with Crippen molar-refractivity contribution in [3.63, 3.8) is 0 Å². The first kappa shape index (κ1) is 23.5. The standard InChI is InChI=1S/C25H33ClN6O/c1-5-16(4)22-30-23(28-17-10-12-18(13-11-17)29-25(33)15(2)3)19-14-27-32(24(19)31-22)21-9-7-6-8-20(21)26/h6-9,14-18H,5,10-13H2,1-4H3,(H,29,33)(H,28,30,31)/t16-,17?,18?/m1/s1. The van der Waals surface area contributed by atoms with E-state index in [1.54, 1.807) is 4.68 Å². The lowest BCUT2D eigenvalue weighted by Crippen LogP contribution is -2.41. The molecule has 1 aliphatic rings. The molecule has 8 heteroatoms. The molecular weight excluding hydrogens is 436 g/mol. The second kappa shape index (κ2) is 10.1. The van der Waals surface area contributed by atoms with Crippen molar-refractivity contribution in [1.29, 1.82) is 0 Å². The van der Waals surface area contributed by atoms with Crippen molar-refractivity contribution in [2.75, 3.05) is 5.32 Å². The lowest BCUT2D eigenvalue weighted by Gasteiger charge is -2.30. The highest BCUT2D eigenvalue weighted by atomic mass is 35.5. The van der Waals surface area contributed by atoms with Crippen LogP contribution in [0.5, 0.6) is 0 Å². The summed E-state index contributed by atoms with van der Waals surface area (Å²) in [6.07, 6.45) is 6.64. The van der Waals surface area contributed by atoms with E-state index < -0.39 is 0 Å². The van der Waals surface area contributed by atoms with E-state index in [-0.39, 0.29) is 23.8 Å². The number of anilines is 1. The Labute approximate surface area is 200 Å². The molecule has 3 aromatic rings. The SMILES string of the molecule is CC[C@@H](C)c1nc(NC2CCC(NC(=O)C(C)C)CC2)c2cnn(-c3ccccc3Cl)c2n1. The first-order valence-electron chi connectivity index (χ1n) is 11.9. The summed E-state index contributed by atoms with van der Waals surface area (Å²) in [7, 11) is 0. The summed E-state index contributed by atoms with van der Waals surface area (Å²) < 4.78 is 1.80. The van der Waals surface area contributed by atoms with Crippen LogP contribution in [0.25, 0.3) is 16.7 Å². The fourth-order valence-corrected chi connectivity index (χ4v) is 4.40. The molecule has 2 aromatic heterocycles. The minimum Gasteiger partial charge on any atom is -0.367 e. The minimum atomic E-state index is 0.0174. The summed E-state index contributed by atoms with van der Waals surface area (Å²) in [5, 5.41) is 13.0. The van der Waals surface area contributed by atoms with Gasteiger partial charge in [0.2, 0.25) is 5.91 Å². The third-order valence-corrected chi connectivity index (χ3v) is 6.84. The van der Waals surface area contributed by atoms with Crippen molar-refractivity contribution in [1.82, 2.24) is 25.1 Å². The molecule has 7 nitrogen and oxygen atoms in total. The molecule has 0 spiro atoms. The van der Waals surface area contributed by atoms with Gasteiger partial charge in [0.1, 0.15) is 11.6 Å². The van der Waals surface area contributed by atoms with Crippen molar-refractivity contribution in [2.45, 2.75) is 77.8 Å². The number of rotatable bonds is 7. The molecule has 1 amide bonds. The van der Waals surface area contributed by atoms with Crippen LogP contribution in [-0.2, 0) is 4.79 Å². The van der Waals surface area contributed by atoms with Crippen LogP contribution in [0.1, 0.15) is 71.5 Å². The number of nitrogens with one attached hydrogen (secondary N) is 2. The molecular formula is C25H33ClN6O. The third-order valence-electron chi connectivity index (χ3n) is 6.52. The number of carbonyl (C=O) groups is 1. The van der Waals surface area contributed by atoms with Gasteiger partial charge in [0.05, 0.1) is 22.3 Å². The Balaban J connectivity index is 1.60. The Morgan fingerprint density at radius 1 is 1.12 bits per heavy atom. The number of halogens is 1. The van der Waals surface area contributed by atoms with Crippen LogP contribution in [0.15, 0.2) is 30.5 Å². The quantitative estimate of drug-likeness (QED) is 0.479. The summed E-state index contributed by atoms with van der Waals surface area (Å²) in [6.45, 7) is 8.15. The molecule has 176 valence electrons. The average molecular weight is 469 g/mol. The predicted molar refractivity (Wildman–Crippen MR) is 133 cm³/mol. The number of hydrogen-bond acceptors (Lipinski definition) is 5. The van der Waals surface area contributed by atoms with E-state index in [2.05, 4.69) is 29.6 Å². The van der Waals surface area contributed by atoms with Gasteiger partial charge in [0.15, 0.2) is 5.65 Å². The maximum absolute atomic E-state index is 12.0. The molecule has 1 aliphatic carbocycles. The van der Waals surface area contributed by atoms with Gasteiger partial charge in [-0.15, -0.1) is 0 Å². The first-order chi connectivity index (χ1) is 15.9. The summed E-state index contributed by atoms with van der Waals surface area (Å²) in [6, 6.07) is 8.20. The maximum atomic E-state index is 12.0. The Kier molecular flexibility index (Phi) is 7.17. The van der Waals surface area contributed by atoms with Crippen LogP contribution < -0.4 is 10.6 Å². The fourth-order valence-electron chi connectivity index (χ4n) is 4.18. The Hall–Kier alpha value is -2.67. The van der Waals surface area contributed by atoms with E-state index in [9.17, 15) is 4.79 Å². The van der Waals surface area contributed by atoms with Gasteiger partial charge in [-0.1, -0.05) is 51.4 Å². The molecule has 2 heterocycles. The maximum Gasteiger partial charge on any atom is 0.222 e. The van der Waals surface area contributed by atoms with Crippen molar-refractivity contribution in [3.8, 4) is 5.69 Å². The molecule has 0 radical (unpaired) electrons. The predicted octanol–water partition coefficient (Wildman–Crippen LogP) is 5.48. The molecule has 1 atom stereocenters. The lowest BCUT2D eigenvalue weighted by molar-refractivity contribution is -0.124. The van der Waals surface area contributed by atoms with Crippen molar-refractivity contribution >= 4 is 34.4 Å². The highest BCUT2D eigenvalue weighted by Gasteiger charge is 2.25. The topological polar surface area (TPSA) is 84.7 Å². The van der Waals surface area contributed by atoms with E-state index in [0.29, 0.717) is 11.1 Å². The molecule has 0 unspecified atom stereocenters. The minimum absolute atomic E-state index is 0.0174. The number of nitrogens with zero attached hydrogens (tertiary/aromatic N) is 4. The highest BCUT2D eigenvalue weighted by Crippen LogP contribution is 2.30. The molecule has 2 N–H and O–H groups in total. The second-order valence-electron chi connectivity index (χ2n) is 9.34. The largest absolute Gasteiger partial charge is 0.367 e. The number of hydrogen-bond donors (Lipinski definition) is 2. The van der Waals surface area contributed by atoms with Gasteiger partial charge in [0.25, 0.3) is 0 Å². The van der Waals surface area contributed by atoms with Crippen molar-refractivity contribution in [3.05, 3.63) is 41.3 Å². The van der Waals surface area contributed by atoms with E-state index in [1.165, 1.54) is 0 Å². The van der Waals surface area contributed by atoms with Crippen LogP contribution in [0, 0.1) is 5.92 Å². The Morgan fingerprint density at radius 3 is 2.48 bits per heavy atom. The number of benzene rings is 1. The average Bonchev–Trinajstić information content (AvgIpc) is 3.24. The Morgan fingerprint density at radius 2 is 1.82 bits per heavy atom. The molecule has 0 bridgehead atoms. The smallest absolute Gasteiger partial charge is 0.222 e. The summed E-state index contributed by atoms with van der Waals surface area (Å²) in [4.78, 5) is 21.8. The molecule has 1 aromatic carbocycles. The van der Waals surface area contributed by atoms with Gasteiger partial charge in [-0.2, -0.15) is 5.10 Å². The summed E-state index contributed by atoms with van der Waals surface area (Å²) >= 11 is 6.46. The van der Waals surface area contributed by atoms with E-state index in [4.69, 9.17) is 21.6 Å². The molecule has 0 saturated heterocycles. The first-order valence-corrected chi connectivity index (χ1v) is 12.3. The molecule has 0 aliphatic heterocycles. The summed E-state index contributed by atoms with van der Waals surface area (Å²) in [5.41, 5.74) is 1.56. The lowest BCUT2D eigenvalue weighted by atomic mass is 9.90. The van der Waals surface area contributed by atoms with E-state index in [0.717, 1.165) is 60.5 Å². The zero-order valence-corrected chi connectivity index (χ0v) is 20.6. The third kappa shape index (κ3) is 5.13. The molecule has 4 rings (SSSR count). The zero-order valence-electron chi connectivity index (χ0n) is 19.8. The van der Waals surface area contributed by atoms with Gasteiger partial charge in [0, 0.05) is 23.9 Å². The van der Waals surface area contributed by atoms with Gasteiger partial charge in [-0.3, -0.25) is 4.79 Å². The van der Waals surface area contributed by atoms with Gasteiger partial charge >= 0.3 is 0 Å². The van der Waals surface area contributed by atoms with Crippen molar-refractivity contribution < 1.29 is 4.79 Å². The Bertz CT molecular complexity index is 1120. The monoisotopic (exact) mass is 468 g/mol. The molecule has 1 saturated carbocycles. The van der Waals surface area contributed by atoms with Crippen molar-refractivity contribution in [2.24, 2.45) is 5.92 Å². The van der Waals surface area contributed by atoms with Crippen LogP contribution >= 0.6 is 11.6 Å². The van der Waals surface area contributed by atoms with Gasteiger partial charge in [-0.25, -0.2) is 14.6 Å². The number of aromatic nitrogens is 4. The van der Waals surface area contributed by atoms with Crippen LogP contribution in [0.4, 0.5) is 5.82 Å². The van der Waals surface area contributed by atoms with E-state index in [1.807, 2.05) is 44.3 Å². The normalized spacial score (nSPS) is 19.6.